The molecule has 1 aliphatic rings. The Morgan fingerprint density at radius 3 is 2.70 bits per heavy atom. The van der Waals surface area contributed by atoms with Crippen LogP contribution in [-0.4, -0.2) is 22.8 Å². The Morgan fingerprint density at radius 1 is 1.26 bits per heavy atom. The maximum absolute atomic E-state index is 12.7. The van der Waals surface area contributed by atoms with Crippen molar-refractivity contribution in [3.8, 4) is 0 Å². The number of carbonyl (C=O) groups excluding carboxylic acids is 2. The number of fused-ring (bicyclic) bond motifs is 1. The van der Waals surface area contributed by atoms with Gasteiger partial charge in [-0.3, -0.25) is 9.59 Å². The quantitative estimate of drug-likeness (QED) is 0.665. The van der Waals surface area contributed by atoms with Gasteiger partial charge < -0.3 is 9.72 Å². The lowest BCUT2D eigenvalue weighted by molar-refractivity contribution is -0.147. The molecule has 1 atom stereocenters. The summed E-state index contributed by atoms with van der Waals surface area (Å²) in [7, 11) is 0. The maximum atomic E-state index is 12.7. The summed E-state index contributed by atoms with van der Waals surface area (Å²) in [6.07, 6.45) is 4.27. The van der Waals surface area contributed by atoms with Gasteiger partial charge in [-0.15, -0.1) is 0 Å². The van der Waals surface area contributed by atoms with Gasteiger partial charge in [0.1, 0.15) is 0 Å². The number of benzene rings is 1. The number of esters is 1. The Kier molecular flexibility index (Phi) is 4.51. The van der Waals surface area contributed by atoms with E-state index in [9.17, 15) is 9.59 Å². The first-order chi connectivity index (χ1) is 11.1. The lowest BCUT2D eigenvalue weighted by Gasteiger charge is -2.14. The summed E-state index contributed by atoms with van der Waals surface area (Å²) in [4.78, 5) is 28.0. The number of carbonyl (C=O) groups is 2. The van der Waals surface area contributed by atoms with Crippen molar-refractivity contribution >= 4 is 22.7 Å². The van der Waals surface area contributed by atoms with E-state index < -0.39 is 6.10 Å². The minimum absolute atomic E-state index is 0.139. The lowest BCUT2D eigenvalue weighted by Crippen LogP contribution is -2.25. The van der Waals surface area contributed by atoms with Crippen LogP contribution in [0.3, 0.4) is 0 Å². The lowest BCUT2D eigenvalue weighted by atomic mass is 10.0. The Labute approximate surface area is 136 Å². The van der Waals surface area contributed by atoms with E-state index in [2.05, 4.69) is 4.98 Å². The molecule has 0 spiro atoms. The summed E-state index contributed by atoms with van der Waals surface area (Å²) in [6.45, 7) is 3.54. The average Bonchev–Trinajstić information content (AvgIpc) is 3.12. The molecule has 2 aromatic rings. The number of rotatable bonds is 5. The predicted molar refractivity (Wildman–Crippen MR) is 89.5 cm³/mol. The number of ether oxygens (including phenoxy) is 1. The first-order valence-electron chi connectivity index (χ1n) is 8.37. The van der Waals surface area contributed by atoms with Crippen LogP contribution in [0, 0.1) is 12.8 Å². The molecule has 0 unspecified atom stereocenters. The minimum Gasteiger partial charge on any atom is -0.454 e. The van der Waals surface area contributed by atoms with E-state index >= 15 is 0 Å². The molecule has 122 valence electrons. The third-order valence-electron chi connectivity index (χ3n) is 4.75. The van der Waals surface area contributed by atoms with Crippen molar-refractivity contribution in [2.45, 2.75) is 52.1 Å². The largest absolute Gasteiger partial charge is 0.454 e. The fourth-order valence-corrected chi connectivity index (χ4v) is 3.55. The number of aryl methyl sites for hydroxylation is 1. The SMILES string of the molecule is Cc1[nH]c2ccccc2c1C(=O)[C@@H](C)OC(=O)CC1CCCC1. The van der Waals surface area contributed by atoms with Crippen LogP contribution in [0.25, 0.3) is 10.9 Å². The first kappa shape index (κ1) is 15.8. The second-order valence-electron chi connectivity index (χ2n) is 6.52. The first-order valence-corrected chi connectivity index (χ1v) is 8.37. The second-order valence-corrected chi connectivity index (χ2v) is 6.52. The number of aromatic amines is 1. The van der Waals surface area contributed by atoms with Crippen molar-refractivity contribution in [3.63, 3.8) is 0 Å². The third-order valence-corrected chi connectivity index (χ3v) is 4.75. The molecular weight excluding hydrogens is 290 g/mol. The molecule has 1 heterocycles. The molecule has 0 bridgehead atoms. The molecule has 3 rings (SSSR count). The Hall–Kier alpha value is -2.10. The van der Waals surface area contributed by atoms with Crippen molar-refractivity contribution in [2.75, 3.05) is 0 Å². The standard InChI is InChI=1S/C19H23NO3/c1-12-18(15-9-5-6-10-16(15)20-12)19(22)13(2)23-17(21)11-14-7-3-4-8-14/h5-6,9-10,13-14,20H,3-4,7-8,11H2,1-2H3/t13-/m1/s1. The minimum atomic E-state index is -0.748. The predicted octanol–water partition coefficient (Wildman–Crippen LogP) is 4.17. The smallest absolute Gasteiger partial charge is 0.306 e. The van der Waals surface area contributed by atoms with Crippen molar-refractivity contribution < 1.29 is 14.3 Å². The number of Topliss-reactive ketones (excluding diaryl/α,β-unsaturated/α-hetero) is 1. The summed E-state index contributed by atoms with van der Waals surface area (Å²) < 4.78 is 5.40. The highest BCUT2D eigenvalue weighted by Gasteiger charge is 2.26. The van der Waals surface area contributed by atoms with Crippen LogP contribution in [0.15, 0.2) is 24.3 Å². The van der Waals surface area contributed by atoms with Crippen LogP contribution >= 0.6 is 0 Å². The molecular formula is C19H23NO3. The number of para-hydroxylation sites is 1. The molecule has 1 aliphatic carbocycles. The van der Waals surface area contributed by atoms with E-state index in [0.29, 0.717) is 17.9 Å². The molecule has 0 aliphatic heterocycles. The average molecular weight is 313 g/mol. The van der Waals surface area contributed by atoms with Crippen LogP contribution in [-0.2, 0) is 9.53 Å². The van der Waals surface area contributed by atoms with Crippen LogP contribution in [0.5, 0.6) is 0 Å². The zero-order valence-corrected chi connectivity index (χ0v) is 13.7. The fraction of sp³-hybridized carbons (Fsp3) is 0.474. The molecule has 1 saturated carbocycles. The Morgan fingerprint density at radius 2 is 1.96 bits per heavy atom. The number of H-pyrrole nitrogens is 1. The third kappa shape index (κ3) is 3.31. The van der Waals surface area contributed by atoms with Crippen molar-refractivity contribution in [2.24, 2.45) is 5.92 Å². The fourth-order valence-electron chi connectivity index (χ4n) is 3.55. The molecule has 1 fully saturated rings. The highest BCUT2D eigenvalue weighted by Crippen LogP contribution is 2.28. The summed E-state index contributed by atoms with van der Waals surface area (Å²) in [5.74, 6) is 0.0367. The zero-order chi connectivity index (χ0) is 16.4. The van der Waals surface area contributed by atoms with Gasteiger partial charge in [0.2, 0.25) is 5.78 Å². The molecule has 4 nitrogen and oxygen atoms in total. The van der Waals surface area contributed by atoms with E-state index in [-0.39, 0.29) is 11.8 Å². The van der Waals surface area contributed by atoms with Crippen LogP contribution in [0.2, 0.25) is 0 Å². The van der Waals surface area contributed by atoms with Gasteiger partial charge in [-0.05, 0) is 38.7 Å². The van der Waals surface area contributed by atoms with E-state index in [0.717, 1.165) is 29.4 Å². The molecule has 0 amide bonds. The highest BCUT2D eigenvalue weighted by molar-refractivity contribution is 6.11. The number of nitrogens with one attached hydrogen (secondary N) is 1. The van der Waals surface area contributed by atoms with Gasteiger partial charge >= 0.3 is 5.97 Å². The maximum Gasteiger partial charge on any atom is 0.306 e. The van der Waals surface area contributed by atoms with Crippen LogP contribution in [0.1, 0.15) is 55.1 Å². The molecule has 1 aromatic heterocycles. The zero-order valence-electron chi connectivity index (χ0n) is 13.7. The van der Waals surface area contributed by atoms with Gasteiger partial charge in [0.15, 0.2) is 6.10 Å². The molecule has 0 saturated heterocycles. The van der Waals surface area contributed by atoms with Crippen LogP contribution in [0.4, 0.5) is 0 Å². The van der Waals surface area contributed by atoms with Gasteiger partial charge in [-0.25, -0.2) is 0 Å². The molecule has 23 heavy (non-hydrogen) atoms. The summed E-state index contributed by atoms with van der Waals surface area (Å²) in [5.41, 5.74) is 2.37. The number of hydrogen-bond donors (Lipinski definition) is 1. The monoisotopic (exact) mass is 313 g/mol. The molecule has 1 aromatic carbocycles. The molecule has 1 N–H and O–H groups in total. The van der Waals surface area contributed by atoms with E-state index in [1.165, 1.54) is 12.8 Å². The normalized spacial score (nSPS) is 16.6. The number of hydrogen-bond acceptors (Lipinski definition) is 3. The van der Waals surface area contributed by atoms with Crippen molar-refractivity contribution in [3.05, 3.63) is 35.5 Å². The van der Waals surface area contributed by atoms with Gasteiger partial charge in [-0.1, -0.05) is 31.0 Å². The summed E-state index contributed by atoms with van der Waals surface area (Å²) in [6, 6.07) is 7.69. The summed E-state index contributed by atoms with van der Waals surface area (Å²) >= 11 is 0. The van der Waals surface area contributed by atoms with Gasteiger partial charge in [0.05, 0.1) is 0 Å². The Balaban J connectivity index is 1.71. The van der Waals surface area contributed by atoms with E-state index in [4.69, 9.17) is 4.74 Å². The second kappa shape index (κ2) is 6.57. The van der Waals surface area contributed by atoms with Crippen molar-refractivity contribution in [1.82, 2.24) is 4.98 Å². The van der Waals surface area contributed by atoms with Gasteiger partial charge in [0, 0.05) is 28.6 Å². The highest BCUT2D eigenvalue weighted by atomic mass is 16.5. The number of ketones is 1. The Bertz CT molecular complexity index is 725. The number of aromatic nitrogens is 1. The van der Waals surface area contributed by atoms with E-state index in [1.807, 2.05) is 31.2 Å². The van der Waals surface area contributed by atoms with Gasteiger partial charge in [0.25, 0.3) is 0 Å². The topological polar surface area (TPSA) is 59.2 Å². The molecule has 4 heteroatoms. The van der Waals surface area contributed by atoms with Crippen molar-refractivity contribution in [1.29, 1.82) is 0 Å². The summed E-state index contributed by atoms with van der Waals surface area (Å²) in [5, 5.41) is 0.883. The van der Waals surface area contributed by atoms with E-state index in [1.54, 1.807) is 6.92 Å². The van der Waals surface area contributed by atoms with Gasteiger partial charge in [-0.2, -0.15) is 0 Å². The molecule has 0 radical (unpaired) electrons. The van der Waals surface area contributed by atoms with Crippen LogP contribution < -0.4 is 0 Å².